The van der Waals surface area contributed by atoms with Crippen molar-refractivity contribution in [3.8, 4) is 11.4 Å². The van der Waals surface area contributed by atoms with Crippen LogP contribution in [0.3, 0.4) is 0 Å². The van der Waals surface area contributed by atoms with Crippen LogP contribution in [-0.2, 0) is 0 Å². The van der Waals surface area contributed by atoms with Crippen molar-refractivity contribution in [1.82, 2.24) is 19.9 Å². The third-order valence-corrected chi connectivity index (χ3v) is 2.33. The first kappa shape index (κ1) is 9.77. The highest BCUT2D eigenvalue weighted by Crippen LogP contribution is 2.16. The van der Waals surface area contributed by atoms with Crippen molar-refractivity contribution in [2.24, 2.45) is 0 Å². The summed E-state index contributed by atoms with van der Waals surface area (Å²) in [7, 11) is 0. The van der Waals surface area contributed by atoms with E-state index in [-0.39, 0.29) is 5.82 Å². The van der Waals surface area contributed by atoms with Crippen LogP contribution in [0.15, 0.2) is 42.9 Å². The van der Waals surface area contributed by atoms with E-state index in [9.17, 15) is 4.39 Å². The van der Waals surface area contributed by atoms with Crippen LogP contribution in [0.2, 0.25) is 0 Å². The number of benzene rings is 1. The molecule has 17 heavy (non-hydrogen) atoms. The zero-order valence-electron chi connectivity index (χ0n) is 8.71. The van der Waals surface area contributed by atoms with Gasteiger partial charge >= 0.3 is 0 Å². The molecule has 0 amide bonds. The molecule has 0 spiro atoms. The second-order valence-corrected chi connectivity index (χ2v) is 3.47. The van der Waals surface area contributed by atoms with E-state index < -0.39 is 0 Å². The summed E-state index contributed by atoms with van der Waals surface area (Å²) in [4.78, 5) is 16.6. The van der Waals surface area contributed by atoms with Gasteiger partial charge < -0.3 is 0 Å². The van der Waals surface area contributed by atoms with Gasteiger partial charge in [-0.15, -0.1) is 0 Å². The van der Waals surface area contributed by atoms with Crippen LogP contribution in [0, 0.1) is 5.82 Å². The van der Waals surface area contributed by atoms with Crippen molar-refractivity contribution in [2.75, 3.05) is 0 Å². The van der Waals surface area contributed by atoms with Crippen LogP contribution >= 0.6 is 0 Å². The lowest BCUT2D eigenvalue weighted by atomic mass is 10.2. The largest absolute Gasteiger partial charge is 0.250 e. The summed E-state index contributed by atoms with van der Waals surface area (Å²) in [5, 5.41) is 0. The first-order valence-electron chi connectivity index (χ1n) is 5.02. The van der Waals surface area contributed by atoms with Gasteiger partial charge in [0.25, 0.3) is 0 Å². The average Bonchev–Trinajstić information content (AvgIpc) is 2.39. The van der Waals surface area contributed by atoms with Crippen LogP contribution < -0.4 is 0 Å². The number of hydrogen-bond donors (Lipinski definition) is 0. The Kier molecular flexibility index (Phi) is 2.22. The molecule has 4 nitrogen and oxygen atoms in total. The van der Waals surface area contributed by atoms with E-state index in [2.05, 4.69) is 19.9 Å². The molecule has 0 unspecified atom stereocenters. The molecule has 0 bridgehead atoms. The summed E-state index contributed by atoms with van der Waals surface area (Å²) >= 11 is 0. The van der Waals surface area contributed by atoms with Crippen molar-refractivity contribution in [2.45, 2.75) is 0 Å². The predicted molar refractivity (Wildman–Crippen MR) is 60.5 cm³/mol. The third kappa shape index (κ3) is 1.82. The quantitative estimate of drug-likeness (QED) is 0.638. The van der Waals surface area contributed by atoms with Crippen LogP contribution in [0.1, 0.15) is 0 Å². The van der Waals surface area contributed by atoms with E-state index in [0.29, 0.717) is 17.0 Å². The van der Waals surface area contributed by atoms with E-state index >= 15 is 0 Å². The molecule has 0 saturated carbocycles. The zero-order chi connectivity index (χ0) is 11.7. The Morgan fingerprint density at radius 2 is 1.65 bits per heavy atom. The minimum absolute atomic E-state index is 0.283. The van der Waals surface area contributed by atoms with Gasteiger partial charge in [-0.1, -0.05) is 0 Å². The van der Waals surface area contributed by atoms with Crippen LogP contribution in [0.25, 0.3) is 22.6 Å². The normalized spacial score (nSPS) is 10.6. The van der Waals surface area contributed by atoms with Gasteiger partial charge in [0.1, 0.15) is 11.3 Å². The summed E-state index contributed by atoms with van der Waals surface area (Å²) in [6.45, 7) is 0. The molecule has 2 aromatic heterocycles. The Hall–Kier alpha value is -2.43. The molecule has 3 rings (SSSR count). The van der Waals surface area contributed by atoms with Gasteiger partial charge in [-0.25, -0.2) is 24.3 Å². The average molecular weight is 226 g/mol. The molecule has 1 aromatic carbocycles. The summed E-state index contributed by atoms with van der Waals surface area (Å²) in [6.07, 6.45) is 4.76. The molecule has 82 valence electrons. The van der Waals surface area contributed by atoms with Crippen LogP contribution in [0.4, 0.5) is 4.39 Å². The first-order chi connectivity index (χ1) is 8.33. The number of aromatic nitrogens is 4. The second kappa shape index (κ2) is 3.86. The van der Waals surface area contributed by atoms with Crippen molar-refractivity contribution in [1.29, 1.82) is 0 Å². The predicted octanol–water partition coefficient (Wildman–Crippen LogP) is 2.23. The Labute approximate surface area is 96.2 Å². The second-order valence-electron chi connectivity index (χ2n) is 3.47. The number of nitrogens with zero attached hydrogens (tertiary/aromatic N) is 4. The van der Waals surface area contributed by atoms with Crippen molar-refractivity contribution in [3.63, 3.8) is 0 Å². The number of hydrogen-bond acceptors (Lipinski definition) is 4. The van der Waals surface area contributed by atoms with Crippen molar-refractivity contribution >= 4 is 11.2 Å². The first-order valence-corrected chi connectivity index (χ1v) is 5.02. The van der Waals surface area contributed by atoms with Gasteiger partial charge in [0.2, 0.25) is 0 Å². The molecule has 3 aromatic rings. The molecule has 0 atom stereocenters. The summed E-state index contributed by atoms with van der Waals surface area (Å²) in [5.41, 5.74) is 1.92. The molecule has 0 saturated heterocycles. The highest BCUT2D eigenvalue weighted by atomic mass is 19.1. The Bertz CT molecular complexity index is 667. The van der Waals surface area contributed by atoms with Crippen LogP contribution in [-0.4, -0.2) is 19.9 Å². The summed E-state index contributed by atoms with van der Waals surface area (Å²) < 4.78 is 12.8. The molecular formula is C12H7FN4. The Morgan fingerprint density at radius 1 is 0.882 bits per heavy atom. The van der Waals surface area contributed by atoms with E-state index in [4.69, 9.17) is 0 Å². The minimum Gasteiger partial charge on any atom is -0.250 e. The lowest BCUT2D eigenvalue weighted by Crippen LogP contribution is -1.93. The van der Waals surface area contributed by atoms with Gasteiger partial charge in [0, 0.05) is 18.0 Å². The molecule has 0 aliphatic rings. The van der Waals surface area contributed by atoms with Crippen molar-refractivity contribution < 1.29 is 4.39 Å². The summed E-state index contributed by atoms with van der Waals surface area (Å²) in [5.74, 6) is 0.229. The van der Waals surface area contributed by atoms with Crippen LogP contribution in [0.5, 0.6) is 0 Å². The van der Waals surface area contributed by atoms with E-state index in [1.54, 1.807) is 30.7 Å². The SMILES string of the molecule is Fc1ccc(-c2ncc3nccnc3n2)cc1. The zero-order valence-corrected chi connectivity index (χ0v) is 8.71. The highest BCUT2D eigenvalue weighted by Gasteiger charge is 2.04. The molecule has 0 fully saturated rings. The molecule has 5 heteroatoms. The third-order valence-electron chi connectivity index (χ3n) is 2.33. The van der Waals surface area contributed by atoms with Gasteiger partial charge in [0.05, 0.1) is 6.20 Å². The Morgan fingerprint density at radius 3 is 2.47 bits per heavy atom. The topological polar surface area (TPSA) is 51.6 Å². The molecule has 0 aliphatic carbocycles. The molecule has 0 radical (unpaired) electrons. The van der Waals surface area contributed by atoms with Gasteiger partial charge in [0.15, 0.2) is 11.5 Å². The molecular weight excluding hydrogens is 219 g/mol. The number of halogens is 1. The maximum atomic E-state index is 12.8. The van der Waals surface area contributed by atoms with Crippen molar-refractivity contribution in [3.05, 3.63) is 48.7 Å². The molecule has 0 N–H and O–H groups in total. The maximum absolute atomic E-state index is 12.8. The Balaban J connectivity index is 2.14. The number of fused-ring (bicyclic) bond motifs is 1. The fraction of sp³-hybridized carbons (Fsp3) is 0. The number of rotatable bonds is 1. The fourth-order valence-electron chi connectivity index (χ4n) is 1.51. The lowest BCUT2D eigenvalue weighted by molar-refractivity contribution is 0.628. The minimum atomic E-state index is -0.283. The standard InChI is InChI=1S/C12H7FN4/c13-9-3-1-8(2-4-9)11-16-7-10-12(17-11)15-6-5-14-10/h1-7H. The summed E-state index contributed by atoms with van der Waals surface area (Å²) in [6, 6.07) is 6.01. The smallest absolute Gasteiger partial charge is 0.181 e. The van der Waals surface area contributed by atoms with Gasteiger partial charge in [-0.05, 0) is 24.3 Å². The van der Waals surface area contributed by atoms with E-state index in [1.165, 1.54) is 12.1 Å². The van der Waals surface area contributed by atoms with E-state index in [1.807, 2.05) is 0 Å². The fourth-order valence-corrected chi connectivity index (χ4v) is 1.51. The van der Waals surface area contributed by atoms with Gasteiger partial charge in [-0.3, -0.25) is 0 Å². The maximum Gasteiger partial charge on any atom is 0.181 e. The molecule has 2 heterocycles. The van der Waals surface area contributed by atoms with E-state index in [0.717, 1.165) is 5.56 Å². The highest BCUT2D eigenvalue weighted by molar-refractivity contribution is 5.71. The van der Waals surface area contributed by atoms with Gasteiger partial charge in [-0.2, -0.15) is 0 Å². The lowest BCUT2D eigenvalue weighted by Gasteiger charge is -2.00. The monoisotopic (exact) mass is 226 g/mol. The molecule has 0 aliphatic heterocycles.